The van der Waals surface area contributed by atoms with Crippen molar-refractivity contribution in [2.75, 3.05) is 23.7 Å². The minimum absolute atomic E-state index is 0.0657. The van der Waals surface area contributed by atoms with Crippen molar-refractivity contribution in [3.05, 3.63) is 53.6 Å². The van der Waals surface area contributed by atoms with Crippen LogP contribution in [0.3, 0.4) is 0 Å². The smallest absolute Gasteiger partial charge is 0.444 e. The first-order valence-corrected chi connectivity index (χ1v) is 15.3. The lowest BCUT2D eigenvalue weighted by molar-refractivity contribution is -0.274. The molecule has 0 radical (unpaired) electrons. The Balaban J connectivity index is 1.82. The standard InChI is InChI=1S/C31H39F3N4O6S/c1-29(2,3)27(41)36-15-7-14-35-25(39)20-10-13-24-23(16-20)38(17-19-8-11-21(12-9-19)43-31(32,33)34)26(40)22(18-45-24)37-28(42)44-30(4,5)6/h8-13,16,22H,7,14-15,17-18H2,1-6H3,(H,35,39)(H,36,41)(H,37,42)/t22-/m0/s1. The number of amides is 4. The first kappa shape index (κ1) is 35.5. The van der Waals surface area contributed by atoms with Crippen molar-refractivity contribution in [1.29, 1.82) is 0 Å². The van der Waals surface area contributed by atoms with Crippen molar-refractivity contribution in [3.8, 4) is 5.75 Å². The molecule has 1 aliphatic rings. The minimum Gasteiger partial charge on any atom is -0.444 e. The van der Waals surface area contributed by atoms with Crippen LogP contribution < -0.4 is 25.6 Å². The summed E-state index contributed by atoms with van der Waals surface area (Å²) in [6.45, 7) is 11.1. The molecule has 0 aliphatic carbocycles. The van der Waals surface area contributed by atoms with Crippen LogP contribution in [0.15, 0.2) is 47.4 Å². The third-order valence-electron chi connectivity index (χ3n) is 6.28. The van der Waals surface area contributed by atoms with E-state index in [1.165, 1.54) is 28.8 Å². The highest BCUT2D eigenvalue weighted by atomic mass is 32.2. The van der Waals surface area contributed by atoms with Crippen LogP contribution in [0, 0.1) is 5.41 Å². The van der Waals surface area contributed by atoms with Crippen LogP contribution in [0.25, 0.3) is 0 Å². The number of hydrogen-bond acceptors (Lipinski definition) is 7. The lowest BCUT2D eigenvalue weighted by Crippen LogP contribution is -2.50. The molecule has 45 heavy (non-hydrogen) atoms. The van der Waals surface area contributed by atoms with Crippen LogP contribution in [-0.4, -0.2) is 60.7 Å². The highest BCUT2D eigenvalue weighted by Gasteiger charge is 2.34. The number of nitrogens with zero attached hydrogens (tertiary/aromatic N) is 1. The van der Waals surface area contributed by atoms with E-state index in [1.807, 2.05) is 20.8 Å². The highest BCUT2D eigenvalue weighted by Crippen LogP contribution is 2.36. The lowest BCUT2D eigenvalue weighted by atomic mass is 9.96. The van der Waals surface area contributed by atoms with Crippen LogP contribution in [0.5, 0.6) is 5.75 Å². The Bertz CT molecular complexity index is 1390. The predicted molar refractivity (Wildman–Crippen MR) is 164 cm³/mol. The van der Waals surface area contributed by atoms with Gasteiger partial charge in [-0.25, -0.2) is 4.79 Å². The van der Waals surface area contributed by atoms with Gasteiger partial charge >= 0.3 is 12.5 Å². The van der Waals surface area contributed by atoms with Gasteiger partial charge in [-0.05, 0) is 63.1 Å². The zero-order valence-electron chi connectivity index (χ0n) is 26.1. The van der Waals surface area contributed by atoms with Crippen LogP contribution in [0.1, 0.15) is 63.9 Å². The molecule has 0 saturated carbocycles. The van der Waals surface area contributed by atoms with E-state index in [9.17, 15) is 32.3 Å². The molecular formula is C31H39F3N4O6S. The Hall–Kier alpha value is -3.94. The Morgan fingerprint density at radius 3 is 2.20 bits per heavy atom. The molecule has 2 aromatic rings. The molecule has 1 heterocycles. The maximum absolute atomic E-state index is 13.9. The van der Waals surface area contributed by atoms with Gasteiger partial charge in [0, 0.05) is 34.7 Å². The van der Waals surface area contributed by atoms with Gasteiger partial charge in [0.2, 0.25) is 5.91 Å². The summed E-state index contributed by atoms with van der Waals surface area (Å²) in [4.78, 5) is 53.5. The molecule has 2 aromatic carbocycles. The van der Waals surface area contributed by atoms with E-state index in [-0.39, 0.29) is 23.8 Å². The number of alkyl carbamates (subject to hydrolysis) is 1. The fraction of sp³-hybridized carbons (Fsp3) is 0.484. The van der Waals surface area contributed by atoms with Gasteiger partial charge in [0.25, 0.3) is 11.8 Å². The summed E-state index contributed by atoms with van der Waals surface area (Å²) in [5, 5.41) is 8.25. The number of ether oxygens (including phenoxy) is 2. The Morgan fingerprint density at radius 2 is 1.60 bits per heavy atom. The first-order chi connectivity index (χ1) is 20.8. The van der Waals surface area contributed by atoms with E-state index in [4.69, 9.17) is 4.74 Å². The van der Waals surface area contributed by atoms with E-state index < -0.39 is 47.1 Å². The van der Waals surface area contributed by atoms with Gasteiger partial charge in [0.15, 0.2) is 0 Å². The summed E-state index contributed by atoms with van der Waals surface area (Å²) in [6.07, 6.45) is -5.12. The van der Waals surface area contributed by atoms with E-state index in [0.717, 1.165) is 12.1 Å². The quantitative estimate of drug-likeness (QED) is 0.310. The number of thioether (sulfide) groups is 1. The van der Waals surface area contributed by atoms with Gasteiger partial charge in [0.05, 0.1) is 12.2 Å². The summed E-state index contributed by atoms with van der Waals surface area (Å²) in [7, 11) is 0. The molecule has 4 amide bonds. The van der Waals surface area contributed by atoms with E-state index in [0.29, 0.717) is 35.7 Å². The fourth-order valence-corrected chi connectivity index (χ4v) is 5.15. The van der Waals surface area contributed by atoms with E-state index >= 15 is 0 Å². The van der Waals surface area contributed by atoms with Crippen molar-refractivity contribution in [2.24, 2.45) is 5.41 Å². The van der Waals surface area contributed by atoms with Crippen LogP contribution >= 0.6 is 11.8 Å². The second-order valence-electron chi connectivity index (χ2n) is 12.4. The second-order valence-corrected chi connectivity index (χ2v) is 13.5. The molecule has 0 unspecified atom stereocenters. The first-order valence-electron chi connectivity index (χ1n) is 14.3. The Labute approximate surface area is 264 Å². The third kappa shape index (κ3) is 11.2. The minimum atomic E-state index is -4.85. The fourth-order valence-electron chi connectivity index (χ4n) is 4.10. The molecule has 246 valence electrons. The number of anilines is 1. The van der Waals surface area contributed by atoms with Crippen molar-refractivity contribution < 1.29 is 41.8 Å². The number of alkyl halides is 3. The van der Waals surface area contributed by atoms with Gasteiger partial charge in [-0.15, -0.1) is 24.9 Å². The van der Waals surface area contributed by atoms with Crippen LogP contribution in [0.4, 0.5) is 23.7 Å². The second kappa shape index (κ2) is 14.4. The molecule has 1 atom stereocenters. The molecule has 0 fully saturated rings. The van der Waals surface area contributed by atoms with Crippen LogP contribution in [-0.2, 0) is 20.9 Å². The average Bonchev–Trinajstić information content (AvgIpc) is 3.03. The largest absolute Gasteiger partial charge is 0.573 e. The van der Waals surface area contributed by atoms with Gasteiger partial charge < -0.3 is 30.3 Å². The predicted octanol–water partition coefficient (Wildman–Crippen LogP) is 5.40. The van der Waals surface area contributed by atoms with Gasteiger partial charge in [0.1, 0.15) is 17.4 Å². The zero-order valence-corrected chi connectivity index (χ0v) is 26.9. The number of fused-ring (bicyclic) bond motifs is 1. The monoisotopic (exact) mass is 652 g/mol. The van der Waals surface area contributed by atoms with E-state index in [2.05, 4.69) is 20.7 Å². The number of halogens is 3. The van der Waals surface area contributed by atoms with Gasteiger partial charge in [-0.3, -0.25) is 14.4 Å². The Morgan fingerprint density at radius 1 is 0.956 bits per heavy atom. The van der Waals surface area contributed by atoms with Crippen molar-refractivity contribution in [1.82, 2.24) is 16.0 Å². The lowest BCUT2D eigenvalue weighted by Gasteiger charge is -2.27. The van der Waals surface area contributed by atoms with Crippen molar-refractivity contribution >= 4 is 41.3 Å². The van der Waals surface area contributed by atoms with E-state index in [1.54, 1.807) is 39.0 Å². The molecule has 0 bridgehead atoms. The molecule has 14 heteroatoms. The highest BCUT2D eigenvalue weighted by molar-refractivity contribution is 7.99. The number of hydrogen-bond donors (Lipinski definition) is 3. The third-order valence-corrected chi connectivity index (χ3v) is 7.43. The maximum atomic E-state index is 13.9. The van der Waals surface area contributed by atoms with Crippen molar-refractivity contribution in [3.63, 3.8) is 0 Å². The SMILES string of the molecule is CC(C)(C)OC(=O)N[C@H]1CSc2ccc(C(=O)NCCCNC(=O)C(C)(C)C)cc2N(Cc2ccc(OC(F)(F)F)cc2)C1=O. The number of benzene rings is 2. The number of rotatable bonds is 9. The summed E-state index contributed by atoms with van der Waals surface area (Å²) in [5.74, 6) is -1.21. The molecular weight excluding hydrogens is 613 g/mol. The van der Waals surface area contributed by atoms with Crippen molar-refractivity contribution in [2.45, 2.75) is 77.4 Å². The summed E-state index contributed by atoms with van der Waals surface area (Å²) in [6, 6.07) is 8.98. The van der Waals surface area contributed by atoms with Gasteiger partial charge in [-0.2, -0.15) is 0 Å². The molecule has 3 N–H and O–H groups in total. The molecule has 3 rings (SSSR count). The maximum Gasteiger partial charge on any atom is 0.573 e. The molecule has 1 aliphatic heterocycles. The Kier molecular flexibility index (Phi) is 11.4. The van der Waals surface area contributed by atoms with Gasteiger partial charge in [-0.1, -0.05) is 32.9 Å². The number of carbonyl (C=O) groups excluding carboxylic acids is 4. The normalized spacial score (nSPS) is 15.4. The zero-order chi connectivity index (χ0) is 33.6. The summed E-state index contributed by atoms with van der Waals surface area (Å²) in [5.41, 5.74) is -0.155. The average molecular weight is 653 g/mol. The molecule has 10 nitrogen and oxygen atoms in total. The topological polar surface area (TPSA) is 126 Å². The number of carbonyl (C=O) groups is 4. The number of nitrogens with one attached hydrogen (secondary N) is 3. The molecule has 0 spiro atoms. The molecule has 0 saturated heterocycles. The summed E-state index contributed by atoms with van der Waals surface area (Å²) >= 11 is 1.30. The molecule has 0 aromatic heterocycles. The van der Waals surface area contributed by atoms with Crippen LogP contribution in [0.2, 0.25) is 0 Å². The summed E-state index contributed by atoms with van der Waals surface area (Å²) < 4.78 is 47.2.